The van der Waals surface area contributed by atoms with Crippen molar-refractivity contribution in [3.8, 4) is 0 Å². The number of halogens is 1. The lowest BCUT2D eigenvalue weighted by Gasteiger charge is -2.16. The molecule has 0 spiro atoms. The highest BCUT2D eigenvalue weighted by atomic mass is 19.1. The molecule has 2 heterocycles. The van der Waals surface area contributed by atoms with E-state index < -0.39 is 0 Å². The van der Waals surface area contributed by atoms with Crippen LogP contribution in [0, 0.1) is 12.7 Å². The van der Waals surface area contributed by atoms with Crippen LogP contribution in [-0.2, 0) is 6.54 Å². The molecule has 5 rings (SSSR count). The van der Waals surface area contributed by atoms with Gasteiger partial charge in [0.15, 0.2) is 0 Å². The van der Waals surface area contributed by atoms with Gasteiger partial charge in [0.2, 0.25) is 0 Å². The summed E-state index contributed by atoms with van der Waals surface area (Å²) in [7, 11) is 0. The Morgan fingerprint density at radius 1 is 1.00 bits per heavy atom. The molecule has 4 nitrogen and oxygen atoms in total. The van der Waals surface area contributed by atoms with Gasteiger partial charge >= 0.3 is 0 Å². The van der Waals surface area contributed by atoms with Crippen molar-refractivity contribution >= 4 is 21.9 Å². The minimum atomic E-state index is -0.276. The predicted octanol–water partition coefficient (Wildman–Crippen LogP) is 5.46. The van der Waals surface area contributed by atoms with E-state index in [4.69, 9.17) is 4.98 Å². The van der Waals surface area contributed by atoms with Crippen molar-refractivity contribution < 1.29 is 4.39 Å². The van der Waals surface area contributed by atoms with E-state index >= 15 is 0 Å². The van der Waals surface area contributed by atoms with Gasteiger partial charge in [0, 0.05) is 11.9 Å². The Morgan fingerprint density at radius 3 is 2.48 bits per heavy atom. The maximum atomic E-state index is 13.7. The average Bonchev–Trinajstić information content (AvgIpc) is 3.09. The molecule has 0 radical (unpaired) electrons. The maximum Gasteiger partial charge on any atom is 0.278 e. The van der Waals surface area contributed by atoms with Gasteiger partial charge in [-0.15, -0.1) is 0 Å². The number of aryl methyl sites for hydroxylation is 1. The smallest absolute Gasteiger partial charge is 0.278 e. The highest BCUT2D eigenvalue weighted by molar-refractivity contribution is 6.05. The molecule has 31 heavy (non-hydrogen) atoms. The molecule has 5 aromatic rings. The van der Waals surface area contributed by atoms with Gasteiger partial charge in [-0.1, -0.05) is 54.1 Å². The monoisotopic (exact) mass is 411 g/mol. The van der Waals surface area contributed by atoms with E-state index in [0.29, 0.717) is 17.6 Å². The number of benzene rings is 3. The Labute approximate surface area is 179 Å². The van der Waals surface area contributed by atoms with Gasteiger partial charge in [0.1, 0.15) is 16.9 Å². The largest absolute Gasteiger partial charge is 0.330 e. The molecule has 1 atom stereocenters. The summed E-state index contributed by atoms with van der Waals surface area (Å²) in [5.41, 5.74) is 5.20. The molecule has 0 N–H and O–H groups in total. The molecule has 0 bridgehead atoms. The van der Waals surface area contributed by atoms with Crippen LogP contribution in [0.5, 0.6) is 0 Å². The molecule has 0 aliphatic heterocycles. The molecule has 0 fully saturated rings. The second-order valence-electron chi connectivity index (χ2n) is 7.97. The van der Waals surface area contributed by atoms with Crippen molar-refractivity contribution in [1.29, 1.82) is 0 Å². The van der Waals surface area contributed by atoms with Gasteiger partial charge in [0.25, 0.3) is 5.56 Å². The van der Waals surface area contributed by atoms with Crippen LogP contribution in [0.25, 0.3) is 21.9 Å². The molecule has 0 aliphatic rings. The average molecular weight is 411 g/mol. The highest BCUT2D eigenvalue weighted by Gasteiger charge is 2.19. The Morgan fingerprint density at radius 2 is 1.74 bits per heavy atom. The number of nitrogens with zero attached hydrogens (tertiary/aromatic N) is 3. The number of fused-ring (bicyclic) bond motifs is 3. The van der Waals surface area contributed by atoms with Crippen LogP contribution in [0.2, 0.25) is 0 Å². The molecule has 0 aliphatic carbocycles. The standard InChI is InChI=1S/C26H22FN3O/c1-17-8-13-23-22(14-17)24-25(29(23)15-19-9-11-21(27)12-10-19)26(31)30(16-28-24)18(2)20-6-4-3-5-7-20/h3-14,16,18H,15H2,1-2H3/t18-/m1/s1. The lowest BCUT2D eigenvalue weighted by Crippen LogP contribution is -2.26. The molecule has 5 heteroatoms. The summed E-state index contributed by atoms with van der Waals surface area (Å²) >= 11 is 0. The van der Waals surface area contributed by atoms with Crippen molar-refractivity contribution in [3.05, 3.63) is 112 Å². The first-order chi connectivity index (χ1) is 15.0. The van der Waals surface area contributed by atoms with Crippen LogP contribution >= 0.6 is 0 Å². The Balaban J connectivity index is 1.76. The van der Waals surface area contributed by atoms with E-state index in [1.165, 1.54) is 12.1 Å². The van der Waals surface area contributed by atoms with E-state index in [1.54, 1.807) is 23.0 Å². The molecular formula is C26H22FN3O. The molecular weight excluding hydrogens is 389 g/mol. The lowest BCUT2D eigenvalue weighted by molar-refractivity contribution is 0.606. The summed E-state index contributed by atoms with van der Waals surface area (Å²) in [6.45, 7) is 4.49. The zero-order valence-corrected chi connectivity index (χ0v) is 17.4. The summed E-state index contributed by atoms with van der Waals surface area (Å²) in [6, 6.07) is 22.3. The maximum absolute atomic E-state index is 13.7. The summed E-state index contributed by atoms with van der Waals surface area (Å²) in [4.78, 5) is 18.4. The zero-order valence-electron chi connectivity index (χ0n) is 17.4. The van der Waals surface area contributed by atoms with E-state index in [-0.39, 0.29) is 17.4 Å². The fourth-order valence-electron chi connectivity index (χ4n) is 4.20. The third-order valence-corrected chi connectivity index (χ3v) is 5.89. The van der Waals surface area contributed by atoms with Crippen molar-refractivity contribution in [2.45, 2.75) is 26.4 Å². The van der Waals surface area contributed by atoms with Crippen LogP contribution in [-0.4, -0.2) is 14.1 Å². The van der Waals surface area contributed by atoms with Crippen LogP contribution in [0.4, 0.5) is 4.39 Å². The van der Waals surface area contributed by atoms with E-state index in [9.17, 15) is 9.18 Å². The second-order valence-corrected chi connectivity index (χ2v) is 7.97. The van der Waals surface area contributed by atoms with Gasteiger partial charge in [-0.25, -0.2) is 9.37 Å². The fourth-order valence-corrected chi connectivity index (χ4v) is 4.20. The van der Waals surface area contributed by atoms with E-state index in [2.05, 4.69) is 6.07 Å². The van der Waals surface area contributed by atoms with Gasteiger partial charge in [-0.05, 0) is 49.2 Å². The van der Waals surface area contributed by atoms with Crippen LogP contribution in [0.3, 0.4) is 0 Å². The Bertz CT molecular complexity index is 1450. The van der Waals surface area contributed by atoms with E-state index in [0.717, 1.165) is 27.6 Å². The minimum absolute atomic E-state index is 0.0858. The topological polar surface area (TPSA) is 39.8 Å². The summed E-state index contributed by atoms with van der Waals surface area (Å²) in [5, 5.41) is 0.953. The van der Waals surface area contributed by atoms with Gasteiger partial charge in [-0.2, -0.15) is 0 Å². The molecule has 154 valence electrons. The fraction of sp³-hybridized carbons (Fsp3) is 0.154. The second kappa shape index (κ2) is 7.51. The van der Waals surface area contributed by atoms with Crippen molar-refractivity contribution in [1.82, 2.24) is 14.1 Å². The zero-order chi connectivity index (χ0) is 21.5. The van der Waals surface area contributed by atoms with Crippen molar-refractivity contribution in [2.75, 3.05) is 0 Å². The Hall–Kier alpha value is -3.73. The number of rotatable bonds is 4. The number of hydrogen-bond acceptors (Lipinski definition) is 2. The van der Waals surface area contributed by atoms with Crippen molar-refractivity contribution in [3.63, 3.8) is 0 Å². The summed E-state index contributed by atoms with van der Waals surface area (Å²) in [5.74, 6) is -0.276. The van der Waals surface area contributed by atoms with Gasteiger partial charge in [-0.3, -0.25) is 9.36 Å². The SMILES string of the molecule is Cc1ccc2c(c1)c1ncn([C@H](C)c3ccccc3)c(=O)c1n2Cc1ccc(F)cc1. The van der Waals surface area contributed by atoms with E-state index in [1.807, 2.05) is 60.9 Å². The quantitative estimate of drug-likeness (QED) is 0.394. The first kappa shape index (κ1) is 19.2. The van der Waals surface area contributed by atoms with Crippen LogP contribution in [0.1, 0.15) is 29.7 Å². The molecule has 0 saturated carbocycles. The van der Waals surface area contributed by atoms with Crippen LogP contribution < -0.4 is 5.56 Å². The van der Waals surface area contributed by atoms with Crippen LogP contribution in [0.15, 0.2) is 83.9 Å². The third-order valence-electron chi connectivity index (χ3n) is 5.89. The molecule has 0 unspecified atom stereocenters. The Kier molecular flexibility index (Phi) is 4.66. The van der Waals surface area contributed by atoms with Crippen molar-refractivity contribution in [2.24, 2.45) is 0 Å². The molecule has 0 saturated heterocycles. The molecule has 3 aromatic carbocycles. The predicted molar refractivity (Wildman–Crippen MR) is 122 cm³/mol. The molecule has 0 amide bonds. The van der Waals surface area contributed by atoms with Gasteiger partial charge < -0.3 is 4.57 Å². The summed E-state index contributed by atoms with van der Waals surface area (Å²) in [6.07, 6.45) is 1.65. The lowest BCUT2D eigenvalue weighted by atomic mass is 10.1. The minimum Gasteiger partial charge on any atom is -0.330 e. The summed E-state index contributed by atoms with van der Waals surface area (Å²) < 4.78 is 17.1. The first-order valence-electron chi connectivity index (χ1n) is 10.3. The number of hydrogen-bond donors (Lipinski definition) is 0. The highest BCUT2D eigenvalue weighted by Crippen LogP contribution is 2.28. The normalized spacial score (nSPS) is 12.5. The first-order valence-corrected chi connectivity index (χ1v) is 10.3. The third kappa shape index (κ3) is 3.32. The van der Waals surface area contributed by atoms with Gasteiger partial charge in [0.05, 0.1) is 17.9 Å². The number of aromatic nitrogens is 3. The molecule has 2 aromatic heterocycles.